The summed E-state index contributed by atoms with van der Waals surface area (Å²) >= 11 is 0. The Balaban J connectivity index is 2.38. The molecule has 122 valence electrons. The molecule has 3 unspecified atom stereocenters. The zero-order valence-corrected chi connectivity index (χ0v) is 13.7. The molecule has 1 fully saturated rings. The molecular formula is C16H30N2O3. The second-order valence-electron chi connectivity index (χ2n) is 7.30. The van der Waals surface area contributed by atoms with Gasteiger partial charge in [-0.15, -0.1) is 0 Å². The zero-order valence-electron chi connectivity index (χ0n) is 13.7. The van der Waals surface area contributed by atoms with Crippen molar-refractivity contribution >= 4 is 11.9 Å². The maximum atomic E-state index is 11.8. The van der Waals surface area contributed by atoms with Crippen LogP contribution in [-0.4, -0.2) is 29.1 Å². The lowest BCUT2D eigenvalue weighted by Gasteiger charge is -2.30. The van der Waals surface area contributed by atoms with Crippen molar-refractivity contribution in [1.82, 2.24) is 5.32 Å². The van der Waals surface area contributed by atoms with Gasteiger partial charge >= 0.3 is 5.97 Å². The summed E-state index contributed by atoms with van der Waals surface area (Å²) in [5.74, 6) is -0.00261. The predicted octanol–water partition coefficient (Wildman–Crippen LogP) is 2.15. The highest BCUT2D eigenvalue weighted by Gasteiger charge is 2.39. The molecule has 0 aromatic heterocycles. The normalized spacial score (nSPS) is 27.1. The number of carboxylic acids is 1. The van der Waals surface area contributed by atoms with Gasteiger partial charge in [-0.2, -0.15) is 0 Å². The van der Waals surface area contributed by atoms with Crippen LogP contribution < -0.4 is 11.1 Å². The van der Waals surface area contributed by atoms with Crippen molar-refractivity contribution in [2.75, 3.05) is 0 Å². The van der Waals surface area contributed by atoms with Crippen LogP contribution >= 0.6 is 0 Å². The molecule has 0 bridgehead atoms. The Hall–Kier alpha value is -1.10. The summed E-state index contributed by atoms with van der Waals surface area (Å²) < 4.78 is 0. The molecule has 4 N–H and O–H groups in total. The first kappa shape index (κ1) is 18.0. The molecule has 1 saturated carbocycles. The standard InChI is InChI=1S/C16H30N2O3/c1-10-7-8-16(3,4)12(10)6-5-11(2)18-15(21)13(17)9-14(19)20/h10-13H,5-9,17H2,1-4H3,(H,18,21)(H,19,20)/t10?,11?,12?,13-/m0/s1. The molecule has 21 heavy (non-hydrogen) atoms. The van der Waals surface area contributed by atoms with E-state index in [0.717, 1.165) is 18.8 Å². The topological polar surface area (TPSA) is 92.4 Å². The molecule has 1 aliphatic rings. The molecule has 1 aliphatic carbocycles. The van der Waals surface area contributed by atoms with Gasteiger partial charge < -0.3 is 16.2 Å². The summed E-state index contributed by atoms with van der Waals surface area (Å²) in [6.07, 6.45) is 4.21. The highest BCUT2D eigenvalue weighted by atomic mass is 16.4. The Morgan fingerprint density at radius 1 is 1.43 bits per heavy atom. The average Bonchev–Trinajstić information content (AvgIpc) is 2.60. The van der Waals surface area contributed by atoms with Gasteiger partial charge in [0.1, 0.15) is 0 Å². The van der Waals surface area contributed by atoms with Gasteiger partial charge in [-0.3, -0.25) is 9.59 Å². The summed E-state index contributed by atoms with van der Waals surface area (Å²) in [6.45, 7) is 8.92. The molecule has 0 aromatic carbocycles. The van der Waals surface area contributed by atoms with Gasteiger partial charge in [-0.05, 0) is 49.9 Å². The first-order valence-corrected chi connectivity index (χ1v) is 7.91. The Morgan fingerprint density at radius 2 is 2.05 bits per heavy atom. The van der Waals surface area contributed by atoms with Crippen molar-refractivity contribution in [3.05, 3.63) is 0 Å². The van der Waals surface area contributed by atoms with Gasteiger partial charge in [-0.1, -0.05) is 20.8 Å². The van der Waals surface area contributed by atoms with E-state index in [2.05, 4.69) is 26.1 Å². The predicted molar refractivity (Wildman–Crippen MR) is 82.7 cm³/mol. The molecule has 5 heteroatoms. The number of rotatable bonds is 7. The maximum Gasteiger partial charge on any atom is 0.305 e. The molecule has 0 spiro atoms. The lowest BCUT2D eigenvalue weighted by Crippen LogP contribution is -2.45. The van der Waals surface area contributed by atoms with Crippen molar-refractivity contribution in [3.8, 4) is 0 Å². The van der Waals surface area contributed by atoms with E-state index in [1.165, 1.54) is 12.8 Å². The van der Waals surface area contributed by atoms with Crippen molar-refractivity contribution in [1.29, 1.82) is 0 Å². The van der Waals surface area contributed by atoms with Crippen molar-refractivity contribution in [2.24, 2.45) is 23.0 Å². The number of nitrogens with one attached hydrogen (secondary N) is 1. The molecule has 0 radical (unpaired) electrons. The molecule has 0 aliphatic heterocycles. The van der Waals surface area contributed by atoms with E-state index in [9.17, 15) is 9.59 Å². The number of amides is 1. The van der Waals surface area contributed by atoms with E-state index >= 15 is 0 Å². The fraction of sp³-hybridized carbons (Fsp3) is 0.875. The molecule has 1 rings (SSSR count). The van der Waals surface area contributed by atoms with Crippen LogP contribution in [0.15, 0.2) is 0 Å². The second-order valence-corrected chi connectivity index (χ2v) is 7.30. The third kappa shape index (κ3) is 5.30. The smallest absolute Gasteiger partial charge is 0.305 e. The van der Waals surface area contributed by atoms with Crippen LogP contribution in [0.3, 0.4) is 0 Å². The number of carboxylic acid groups (broad SMARTS) is 1. The van der Waals surface area contributed by atoms with Crippen LogP contribution in [0.2, 0.25) is 0 Å². The number of carbonyl (C=O) groups is 2. The fourth-order valence-electron chi connectivity index (χ4n) is 3.56. The Bertz CT molecular complexity index is 382. The first-order chi connectivity index (χ1) is 9.63. The van der Waals surface area contributed by atoms with Crippen LogP contribution in [0.1, 0.15) is 59.8 Å². The Morgan fingerprint density at radius 3 is 2.52 bits per heavy atom. The number of hydrogen-bond donors (Lipinski definition) is 3. The monoisotopic (exact) mass is 298 g/mol. The highest BCUT2D eigenvalue weighted by Crippen LogP contribution is 2.48. The molecule has 0 saturated heterocycles. The van der Waals surface area contributed by atoms with Gasteiger partial charge in [0.2, 0.25) is 5.91 Å². The van der Waals surface area contributed by atoms with Crippen LogP contribution in [0.4, 0.5) is 0 Å². The van der Waals surface area contributed by atoms with E-state index in [1.54, 1.807) is 0 Å². The minimum Gasteiger partial charge on any atom is -0.481 e. The maximum absolute atomic E-state index is 11.8. The molecule has 0 aromatic rings. The van der Waals surface area contributed by atoms with Gasteiger partial charge in [0.05, 0.1) is 12.5 Å². The van der Waals surface area contributed by atoms with Gasteiger partial charge in [0.15, 0.2) is 0 Å². The van der Waals surface area contributed by atoms with E-state index in [4.69, 9.17) is 10.8 Å². The van der Waals surface area contributed by atoms with Crippen LogP contribution in [0, 0.1) is 17.3 Å². The largest absolute Gasteiger partial charge is 0.481 e. The van der Waals surface area contributed by atoms with Gasteiger partial charge in [0.25, 0.3) is 0 Å². The third-order valence-electron chi connectivity index (χ3n) is 4.97. The lowest BCUT2D eigenvalue weighted by atomic mass is 9.76. The van der Waals surface area contributed by atoms with Crippen molar-refractivity contribution < 1.29 is 14.7 Å². The minimum atomic E-state index is -1.05. The number of carbonyl (C=O) groups excluding carboxylic acids is 1. The SMILES string of the molecule is CC(CCC1C(C)CCC1(C)C)NC(=O)[C@@H](N)CC(=O)O. The van der Waals surface area contributed by atoms with Gasteiger partial charge in [-0.25, -0.2) is 0 Å². The highest BCUT2D eigenvalue weighted by molar-refractivity contribution is 5.86. The number of nitrogens with two attached hydrogens (primary N) is 1. The second kappa shape index (κ2) is 7.25. The van der Waals surface area contributed by atoms with Gasteiger partial charge in [0, 0.05) is 6.04 Å². The quantitative estimate of drug-likeness (QED) is 0.671. The zero-order chi connectivity index (χ0) is 16.2. The Labute approximate surface area is 127 Å². The van der Waals surface area contributed by atoms with Crippen LogP contribution in [0.5, 0.6) is 0 Å². The van der Waals surface area contributed by atoms with E-state index < -0.39 is 12.0 Å². The molecular weight excluding hydrogens is 268 g/mol. The Kier molecular flexibility index (Phi) is 6.20. The van der Waals surface area contributed by atoms with E-state index in [0.29, 0.717) is 11.3 Å². The number of hydrogen-bond acceptors (Lipinski definition) is 3. The molecule has 4 atom stereocenters. The summed E-state index contributed by atoms with van der Waals surface area (Å²) in [6, 6.07) is -0.937. The van der Waals surface area contributed by atoms with Crippen LogP contribution in [0.25, 0.3) is 0 Å². The third-order valence-corrected chi connectivity index (χ3v) is 4.97. The number of aliphatic carboxylic acids is 1. The lowest BCUT2D eigenvalue weighted by molar-refractivity contribution is -0.139. The first-order valence-electron chi connectivity index (χ1n) is 7.91. The fourth-order valence-corrected chi connectivity index (χ4v) is 3.56. The van der Waals surface area contributed by atoms with Crippen molar-refractivity contribution in [2.45, 2.75) is 71.9 Å². The molecule has 0 heterocycles. The minimum absolute atomic E-state index is 0.0287. The molecule has 5 nitrogen and oxygen atoms in total. The summed E-state index contributed by atoms with van der Waals surface area (Å²) in [4.78, 5) is 22.3. The van der Waals surface area contributed by atoms with E-state index in [-0.39, 0.29) is 18.4 Å². The molecule has 1 amide bonds. The van der Waals surface area contributed by atoms with E-state index in [1.807, 2.05) is 6.92 Å². The summed E-state index contributed by atoms with van der Waals surface area (Å²) in [5.41, 5.74) is 5.93. The average molecular weight is 298 g/mol. The summed E-state index contributed by atoms with van der Waals surface area (Å²) in [7, 11) is 0. The van der Waals surface area contributed by atoms with Crippen molar-refractivity contribution in [3.63, 3.8) is 0 Å². The van der Waals surface area contributed by atoms with Crippen LogP contribution in [-0.2, 0) is 9.59 Å². The summed E-state index contributed by atoms with van der Waals surface area (Å²) in [5, 5.41) is 11.5.